The quantitative estimate of drug-likeness (QED) is 0.474. The van der Waals surface area contributed by atoms with E-state index in [1.165, 1.54) is 0 Å². The first-order chi connectivity index (χ1) is 16.7. The molecule has 4 heterocycles. The van der Waals surface area contributed by atoms with Crippen molar-refractivity contribution in [3.05, 3.63) is 54.7 Å². The van der Waals surface area contributed by atoms with E-state index in [0.717, 1.165) is 11.0 Å². The van der Waals surface area contributed by atoms with Crippen LogP contribution in [-0.4, -0.2) is 66.6 Å². The molecular weight excluding hydrogens is 446 g/mol. The molecule has 1 fully saturated rings. The zero-order valence-electron chi connectivity index (χ0n) is 20.1. The van der Waals surface area contributed by atoms with Gasteiger partial charge in [-0.2, -0.15) is 0 Å². The third-order valence-corrected chi connectivity index (χ3v) is 6.07. The van der Waals surface area contributed by atoms with E-state index in [4.69, 9.17) is 14.5 Å². The maximum atomic E-state index is 12.3. The Labute approximate surface area is 203 Å². The number of fused-ring (bicyclic) bond motifs is 2. The van der Waals surface area contributed by atoms with Crippen LogP contribution in [0.4, 0.5) is 4.79 Å². The average molecular weight is 476 g/mol. The second-order valence-corrected chi connectivity index (χ2v) is 9.96. The van der Waals surface area contributed by atoms with Gasteiger partial charge in [-0.25, -0.2) is 9.78 Å². The molecule has 0 spiro atoms. The van der Waals surface area contributed by atoms with E-state index in [1.807, 2.05) is 79.9 Å². The zero-order valence-corrected chi connectivity index (χ0v) is 20.1. The molecule has 1 N–H and O–H groups in total. The molecule has 35 heavy (non-hydrogen) atoms. The zero-order chi connectivity index (χ0) is 24.6. The summed E-state index contributed by atoms with van der Waals surface area (Å²) in [5.41, 5.74) is 0.520. The fraction of sp³-hybridized carbons (Fsp3) is 0.385. The Kier molecular flexibility index (Phi) is 5.80. The third kappa shape index (κ3) is 4.90. The highest BCUT2D eigenvalue weighted by molar-refractivity contribution is 5.86. The average Bonchev–Trinajstić information content (AvgIpc) is 3.26. The van der Waals surface area contributed by atoms with Crippen molar-refractivity contribution in [2.75, 3.05) is 19.7 Å². The number of aromatic nitrogens is 4. The van der Waals surface area contributed by atoms with Gasteiger partial charge in [0.25, 0.3) is 0 Å². The van der Waals surface area contributed by atoms with Crippen LogP contribution in [0.25, 0.3) is 28.1 Å². The number of hydrogen-bond donors (Lipinski definition) is 1. The number of hydrogen-bond acceptors (Lipinski definition) is 7. The summed E-state index contributed by atoms with van der Waals surface area (Å²) in [5, 5.41) is 20.6. The number of para-hydroxylation sites is 1. The van der Waals surface area contributed by atoms with E-state index in [0.29, 0.717) is 48.7 Å². The summed E-state index contributed by atoms with van der Waals surface area (Å²) in [6, 6.07) is 15.3. The number of ether oxygens (including phenoxy) is 2. The molecule has 0 bridgehead atoms. The molecule has 4 aromatic rings. The molecule has 1 saturated heterocycles. The largest absolute Gasteiger partial charge is 0.488 e. The molecule has 5 rings (SSSR count). The Balaban J connectivity index is 1.32. The molecule has 0 aliphatic carbocycles. The van der Waals surface area contributed by atoms with Crippen LogP contribution in [0.15, 0.2) is 54.7 Å². The summed E-state index contributed by atoms with van der Waals surface area (Å²) in [6.07, 6.45) is 2.35. The van der Waals surface area contributed by atoms with Gasteiger partial charge >= 0.3 is 6.09 Å². The number of likely N-dealkylation sites (tertiary alicyclic amines) is 1. The smallest absolute Gasteiger partial charge is 0.410 e. The molecule has 0 radical (unpaired) electrons. The number of aliphatic hydroxyl groups is 1. The van der Waals surface area contributed by atoms with Gasteiger partial charge in [0.15, 0.2) is 11.5 Å². The number of carbonyl (C=O) groups is 1. The number of rotatable bonds is 4. The number of carbonyl (C=O) groups excluding carboxylic acids is 1. The van der Waals surface area contributed by atoms with Gasteiger partial charge < -0.3 is 19.5 Å². The van der Waals surface area contributed by atoms with Crippen molar-refractivity contribution in [2.45, 2.75) is 44.8 Å². The normalized spacial score (nSPS) is 15.9. The molecular formula is C26H29N5O4. The van der Waals surface area contributed by atoms with Gasteiger partial charge in [-0.3, -0.25) is 4.40 Å². The van der Waals surface area contributed by atoms with Gasteiger partial charge in [-0.1, -0.05) is 24.3 Å². The Morgan fingerprint density at radius 3 is 2.63 bits per heavy atom. The first kappa shape index (κ1) is 23.0. The molecule has 1 aromatic carbocycles. The summed E-state index contributed by atoms with van der Waals surface area (Å²) in [6.45, 7) is 6.45. The molecule has 1 amide bonds. The van der Waals surface area contributed by atoms with Gasteiger partial charge in [-0.15, -0.1) is 10.2 Å². The summed E-state index contributed by atoms with van der Waals surface area (Å²) < 4.78 is 13.4. The van der Waals surface area contributed by atoms with E-state index in [2.05, 4.69) is 10.2 Å². The van der Waals surface area contributed by atoms with Crippen molar-refractivity contribution in [3.8, 4) is 17.3 Å². The lowest BCUT2D eigenvalue weighted by molar-refractivity contribution is -0.0559. The SMILES string of the molecule is CC(C)(C)OC(=O)N1CCC(O)(COc2cccc3ccc(-c4nnc5ccccn45)nc23)CC1. The minimum Gasteiger partial charge on any atom is -0.488 e. The molecule has 0 saturated carbocycles. The van der Waals surface area contributed by atoms with E-state index in [-0.39, 0.29) is 12.7 Å². The van der Waals surface area contributed by atoms with Crippen LogP contribution in [0.1, 0.15) is 33.6 Å². The van der Waals surface area contributed by atoms with Crippen molar-refractivity contribution in [1.29, 1.82) is 0 Å². The van der Waals surface area contributed by atoms with E-state index >= 15 is 0 Å². The van der Waals surface area contributed by atoms with Gasteiger partial charge in [-0.05, 0) is 57.9 Å². The van der Waals surface area contributed by atoms with Crippen LogP contribution in [0, 0.1) is 0 Å². The van der Waals surface area contributed by atoms with Gasteiger partial charge in [0.1, 0.15) is 34.8 Å². The van der Waals surface area contributed by atoms with Crippen molar-refractivity contribution in [2.24, 2.45) is 0 Å². The van der Waals surface area contributed by atoms with Crippen molar-refractivity contribution >= 4 is 22.6 Å². The van der Waals surface area contributed by atoms with Crippen LogP contribution < -0.4 is 4.74 Å². The maximum Gasteiger partial charge on any atom is 0.410 e. The van der Waals surface area contributed by atoms with Crippen LogP contribution in [0.3, 0.4) is 0 Å². The number of amides is 1. The van der Waals surface area contributed by atoms with Crippen LogP contribution in [-0.2, 0) is 4.74 Å². The fourth-order valence-corrected chi connectivity index (χ4v) is 4.17. The molecule has 182 valence electrons. The molecule has 9 heteroatoms. The number of pyridine rings is 2. The Morgan fingerprint density at radius 2 is 1.86 bits per heavy atom. The second-order valence-electron chi connectivity index (χ2n) is 9.96. The van der Waals surface area contributed by atoms with Gasteiger partial charge in [0, 0.05) is 24.7 Å². The van der Waals surface area contributed by atoms with Crippen LogP contribution in [0.5, 0.6) is 5.75 Å². The predicted octanol–water partition coefficient (Wildman–Crippen LogP) is 4.09. The highest BCUT2D eigenvalue weighted by Gasteiger charge is 2.36. The standard InChI is InChI=1S/C26H29N5O4/c1-25(2,3)35-24(32)30-15-12-26(33,13-16-30)17-34-20-8-6-7-18-10-11-19(27-22(18)20)23-29-28-21-9-4-5-14-31(21)23/h4-11,14,33H,12-13,15-17H2,1-3H3. The Hall–Kier alpha value is -3.72. The summed E-state index contributed by atoms with van der Waals surface area (Å²) in [4.78, 5) is 18.8. The monoisotopic (exact) mass is 475 g/mol. The second kappa shape index (κ2) is 8.81. The van der Waals surface area contributed by atoms with Crippen LogP contribution in [0.2, 0.25) is 0 Å². The Morgan fingerprint density at radius 1 is 1.06 bits per heavy atom. The van der Waals surface area contributed by atoms with Crippen molar-refractivity contribution in [3.63, 3.8) is 0 Å². The summed E-state index contributed by atoms with van der Waals surface area (Å²) in [5.74, 6) is 1.23. The van der Waals surface area contributed by atoms with E-state index in [1.54, 1.807) is 4.90 Å². The summed E-state index contributed by atoms with van der Waals surface area (Å²) in [7, 11) is 0. The predicted molar refractivity (Wildman–Crippen MR) is 131 cm³/mol. The number of nitrogens with zero attached hydrogens (tertiary/aromatic N) is 5. The van der Waals surface area contributed by atoms with Crippen molar-refractivity contribution < 1.29 is 19.4 Å². The van der Waals surface area contributed by atoms with E-state index < -0.39 is 11.2 Å². The molecule has 1 aliphatic rings. The molecule has 1 aliphatic heterocycles. The summed E-state index contributed by atoms with van der Waals surface area (Å²) >= 11 is 0. The number of piperidine rings is 1. The maximum absolute atomic E-state index is 12.3. The van der Waals surface area contributed by atoms with Crippen LogP contribution >= 0.6 is 0 Å². The highest BCUT2D eigenvalue weighted by atomic mass is 16.6. The molecule has 9 nitrogen and oxygen atoms in total. The van der Waals surface area contributed by atoms with Gasteiger partial charge in [0.2, 0.25) is 0 Å². The fourth-order valence-electron chi connectivity index (χ4n) is 4.17. The molecule has 0 atom stereocenters. The molecule has 3 aromatic heterocycles. The van der Waals surface area contributed by atoms with E-state index in [9.17, 15) is 9.90 Å². The highest BCUT2D eigenvalue weighted by Crippen LogP contribution is 2.30. The lowest BCUT2D eigenvalue weighted by atomic mass is 9.92. The number of benzene rings is 1. The minimum absolute atomic E-state index is 0.105. The van der Waals surface area contributed by atoms with Crippen molar-refractivity contribution in [1.82, 2.24) is 24.5 Å². The first-order valence-corrected chi connectivity index (χ1v) is 11.7. The topological polar surface area (TPSA) is 102 Å². The third-order valence-electron chi connectivity index (χ3n) is 6.07. The lowest BCUT2D eigenvalue weighted by Gasteiger charge is -2.38. The molecule has 0 unspecified atom stereocenters. The minimum atomic E-state index is -1.04. The Bertz CT molecular complexity index is 1370. The first-order valence-electron chi connectivity index (χ1n) is 11.7. The van der Waals surface area contributed by atoms with Gasteiger partial charge in [0.05, 0.1) is 0 Å². The lowest BCUT2D eigenvalue weighted by Crippen LogP contribution is -2.50.